The quantitative estimate of drug-likeness (QED) is 0.402. The van der Waals surface area contributed by atoms with E-state index in [4.69, 9.17) is 14.7 Å². The summed E-state index contributed by atoms with van der Waals surface area (Å²) in [6.45, 7) is 4.38. The third-order valence-electron chi connectivity index (χ3n) is 6.75. The molecule has 0 amide bonds. The SMILES string of the molecule is Cc1ncc(CNC2Nc3c(OCC4C=CC(C#N)CC4)ncnc3N2[C@@H]2O[C@H](C)[C@@H](O)[C@H]2O)cn1. The minimum absolute atomic E-state index is 0.0406. The maximum absolute atomic E-state index is 10.7. The zero-order valence-corrected chi connectivity index (χ0v) is 20.2. The molecule has 2 aliphatic heterocycles. The molecular formula is C24H30N8O4. The van der Waals surface area contributed by atoms with Crippen LogP contribution in [0.3, 0.4) is 0 Å². The Morgan fingerprint density at radius 1 is 1.19 bits per heavy atom. The predicted molar refractivity (Wildman–Crippen MR) is 128 cm³/mol. The Balaban J connectivity index is 1.36. The van der Waals surface area contributed by atoms with Crippen LogP contribution in [0.5, 0.6) is 5.88 Å². The Kier molecular flexibility index (Phi) is 6.97. The van der Waals surface area contributed by atoms with E-state index >= 15 is 0 Å². The highest BCUT2D eigenvalue weighted by atomic mass is 16.6. The molecule has 190 valence electrons. The van der Waals surface area contributed by atoms with Crippen molar-refractivity contribution >= 4 is 11.5 Å². The second kappa shape index (κ2) is 10.3. The van der Waals surface area contributed by atoms with Gasteiger partial charge in [-0.05, 0) is 26.7 Å². The topological polar surface area (TPSA) is 162 Å². The molecule has 3 aliphatic rings. The monoisotopic (exact) mass is 494 g/mol. The highest BCUT2D eigenvalue weighted by Gasteiger charge is 2.49. The minimum atomic E-state index is -1.14. The van der Waals surface area contributed by atoms with Crippen LogP contribution in [-0.4, -0.2) is 67.6 Å². The fourth-order valence-corrected chi connectivity index (χ4v) is 4.63. The molecule has 0 radical (unpaired) electrons. The number of ether oxygens (including phenoxy) is 2. The number of nitrogens with one attached hydrogen (secondary N) is 2. The van der Waals surface area contributed by atoms with E-state index in [-0.39, 0.29) is 11.8 Å². The maximum atomic E-state index is 10.7. The highest BCUT2D eigenvalue weighted by molar-refractivity contribution is 5.76. The van der Waals surface area contributed by atoms with Crippen LogP contribution in [-0.2, 0) is 11.3 Å². The number of rotatable bonds is 7. The van der Waals surface area contributed by atoms with Gasteiger partial charge in [0.05, 0.1) is 24.7 Å². The van der Waals surface area contributed by atoms with Gasteiger partial charge in [0.15, 0.2) is 18.3 Å². The molecule has 0 saturated carbocycles. The van der Waals surface area contributed by atoms with Gasteiger partial charge in [-0.3, -0.25) is 10.2 Å². The number of nitrogens with zero attached hydrogens (tertiary/aromatic N) is 6. The first-order valence-electron chi connectivity index (χ1n) is 12.1. The van der Waals surface area contributed by atoms with Crippen molar-refractivity contribution in [1.29, 1.82) is 5.26 Å². The number of fused-ring (bicyclic) bond motifs is 1. The number of allylic oxidation sites excluding steroid dienone is 1. The molecule has 12 nitrogen and oxygen atoms in total. The van der Waals surface area contributed by atoms with Crippen LogP contribution in [0.1, 0.15) is 31.2 Å². The molecule has 3 unspecified atom stereocenters. The van der Waals surface area contributed by atoms with Crippen LogP contribution in [0, 0.1) is 30.1 Å². The van der Waals surface area contributed by atoms with Gasteiger partial charge in [0.1, 0.15) is 30.0 Å². The zero-order chi connectivity index (χ0) is 25.2. The van der Waals surface area contributed by atoms with Crippen LogP contribution >= 0.6 is 0 Å². The molecule has 2 aromatic heterocycles. The number of aryl methyl sites for hydroxylation is 1. The molecule has 0 bridgehead atoms. The van der Waals surface area contributed by atoms with Crippen LogP contribution in [0.15, 0.2) is 30.9 Å². The maximum Gasteiger partial charge on any atom is 0.242 e. The van der Waals surface area contributed by atoms with Crippen LogP contribution in [0.4, 0.5) is 11.5 Å². The molecule has 4 heterocycles. The van der Waals surface area contributed by atoms with Crippen LogP contribution in [0.2, 0.25) is 0 Å². The second-order valence-corrected chi connectivity index (χ2v) is 9.33. The summed E-state index contributed by atoms with van der Waals surface area (Å²) < 4.78 is 12.0. The third kappa shape index (κ3) is 4.83. The standard InChI is InChI=1S/C24H30N8O4/c1-13-19(33)20(34)23(36-13)32-21-18(31-24(32)28-10-17-8-26-14(2)27-9-17)22(30-12-29-21)35-11-16-5-3-15(7-25)4-6-16/h3,5,8-9,12-13,15-16,19-20,23-24,28,31,33-34H,4,6,10-11H2,1-2H3/t13-,15?,16?,19-,20-,23-,24?/m1/s1. The predicted octanol–water partition coefficient (Wildman–Crippen LogP) is 0.832. The number of anilines is 2. The Morgan fingerprint density at radius 2 is 2.00 bits per heavy atom. The van der Waals surface area contributed by atoms with E-state index in [1.165, 1.54) is 6.33 Å². The number of hydrogen-bond donors (Lipinski definition) is 4. The van der Waals surface area contributed by atoms with Gasteiger partial charge in [-0.15, -0.1) is 0 Å². The lowest BCUT2D eigenvalue weighted by molar-refractivity contribution is 0.00962. The number of hydrogen-bond acceptors (Lipinski definition) is 12. The van der Waals surface area contributed by atoms with E-state index in [2.05, 4.69) is 36.6 Å². The van der Waals surface area contributed by atoms with Crippen molar-refractivity contribution in [3.05, 3.63) is 42.3 Å². The Bertz CT molecular complexity index is 1140. The minimum Gasteiger partial charge on any atom is -0.475 e. The summed E-state index contributed by atoms with van der Waals surface area (Å²) >= 11 is 0. The van der Waals surface area contributed by atoms with Crippen LogP contribution < -0.4 is 20.3 Å². The molecule has 36 heavy (non-hydrogen) atoms. The van der Waals surface area contributed by atoms with E-state index in [0.717, 1.165) is 18.4 Å². The van der Waals surface area contributed by atoms with E-state index in [1.807, 2.05) is 19.1 Å². The Labute approximate surface area is 209 Å². The number of aliphatic hydroxyl groups is 2. The lowest BCUT2D eigenvalue weighted by atomic mass is 9.90. The van der Waals surface area contributed by atoms with Crippen molar-refractivity contribution in [3.63, 3.8) is 0 Å². The molecule has 12 heteroatoms. The fourth-order valence-electron chi connectivity index (χ4n) is 4.63. The van der Waals surface area contributed by atoms with Gasteiger partial charge in [-0.25, -0.2) is 15.0 Å². The van der Waals surface area contributed by atoms with Crippen molar-refractivity contribution in [2.45, 2.75) is 64.1 Å². The molecule has 0 aromatic carbocycles. The molecule has 4 N–H and O–H groups in total. The smallest absolute Gasteiger partial charge is 0.242 e. The Hall–Kier alpha value is -3.37. The zero-order valence-electron chi connectivity index (χ0n) is 20.2. The largest absolute Gasteiger partial charge is 0.475 e. The summed E-state index contributed by atoms with van der Waals surface area (Å²) in [5.41, 5.74) is 1.44. The van der Waals surface area contributed by atoms with Crippen molar-refractivity contribution in [1.82, 2.24) is 25.3 Å². The van der Waals surface area contributed by atoms with E-state index in [0.29, 0.717) is 36.4 Å². The lowest BCUT2D eigenvalue weighted by Crippen LogP contribution is -2.55. The Morgan fingerprint density at radius 3 is 2.67 bits per heavy atom. The van der Waals surface area contributed by atoms with Gasteiger partial charge < -0.3 is 25.0 Å². The molecule has 1 fully saturated rings. The summed E-state index contributed by atoms with van der Waals surface area (Å²) in [6.07, 6.45) is 6.43. The lowest BCUT2D eigenvalue weighted by Gasteiger charge is -2.33. The molecule has 1 aliphatic carbocycles. The van der Waals surface area contributed by atoms with Crippen molar-refractivity contribution in [2.75, 3.05) is 16.8 Å². The van der Waals surface area contributed by atoms with Gasteiger partial charge in [0, 0.05) is 30.4 Å². The van der Waals surface area contributed by atoms with Gasteiger partial charge in [0.2, 0.25) is 5.88 Å². The van der Waals surface area contributed by atoms with Gasteiger partial charge >= 0.3 is 0 Å². The molecule has 5 rings (SSSR count). The average Bonchev–Trinajstić information content (AvgIpc) is 3.39. The van der Waals surface area contributed by atoms with E-state index in [1.54, 1.807) is 24.2 Å². The first-order valence-corrected chi connectivity index (χ1v) is 12.1. The molecule has 0 spiro atoms. The van der Waals surface area contributed by atoms with Gasteiger partial charge in [-0.1, -0.05) is 12.2 Å². The van der Waals surface area contributed by atoms with E-state index in [9.17, 15) is 10.2 Å². The summed E-state index contributed by atoms with van der Waals surface area (Å²) in [4.78, 5) is 19.0. The van der Waals surface area contributed by atoms with Crippen molar-refractivity contribution in [2.24, 2.45) is 11.8 Å². The molecule has 7 atom stereocenters. The summed E-state index contributed by atoms with van der Waals surface area (Å²) in [5, 5.41) is 36.9. The number of nitriles is 1. The number of aliphatic hydroxyl groups excluding tert-OH is 2. The number of aromatic nitrogens is 4. The molecule has 2 aromatic rings. The van der Waals surface area contributed by atoms with Crippen molar-refractivity contribution < 1.29 is 19.7 Å². The molecule has 1 saturated heterocycles. The van der Waals surface area contributed by atoms with E-state index < -0.39 is 30.8 Å². The van der Waals surface area contributed by atoms with Crippen LogP contribution in [0.25, 0.3) is 0 Å². The first kappa shape index (κ1) is 24.3. The molecular weight excluding hydrogens is 464 g/mol. The third-order valence-corrected chi connectivity index (χ3v) is 6.75. The fraction of sp³-hybridized carbons (Fsp3) is 0.542. The van der Waals surface area contributed by atoms with Gasteiger partial charge in [-0.2, -0.15) is 10.2 Å². The second-order valence-electron chi connectivity index (χ2n) is 9.33. The van der Waals surface area contributed by atoms with Crippen molar-refractivity contribution in [3.8, 4) is 11.9 Å². The summed E-state index contributed by atoms with van der Waals surface area (Å²) in [6, 6.07) is 2.28. The summed E-state index contributed by atoms with van der Waals surface area (Å²) in [5.74, 6) is 1.70. The van der Waals surface area contributed by atoms with Gasteiger partial charge in [0.25, 0.3) is 0 Å². The summed E-state index contributed by atoms with van der Waals surface area (Å²) in [7, 11) is 0. The first-order chi connectivity index (χ1) is 17.4. The average molecular weight is 495 g/mol. The highest BCUT2D eigenvalue weighted by Crippen LogP contribution is 2.41. The normalized spacial score (nSPS) is 31.1.